The van der Waals surface area contributed by atoms with Crippen LogP contribution in [0.3, 0.4) is 0 Å². The molecule has 4 heterocycles. The van der Waals surface area contributed by atoms with Gasteiger partial charge >= 0.3 is 6.01 Å². The second kappa shape index (κ2) is 13.2. The molecule has 4 aliphatic rings. The number of benzene rings is 2. The van der Waals surface area contributed by atoms with E-state index < -0.39 is 17.6 Å². The molecule has 0 N–H and O–H groups in total. The average Bonchev–Trinajstić information content (AvgIpc) is 3.88. The van der Waals surface area contributed by atoms with Crippen LogP contribution in [0.4, 0.5) is 15.9 Å². The number of fused-ring (bicyclic) bond motifs is 2. The van der Waals surface area contributed by atoms with Crippen LogP contribution in [0.5, 0.6) is 6.01 Å². The number of aromatic nitrogens is 2. The first-order chi connectivity index (χ1) is 22.8. The summed E-state index contributed by atoms with van der Waals surface area (Å²) in [5.41, 5.74) is 0.830. The summed E-state index contributed by atoms with van der Waals surface area (Å²) in [7, 11) is 2.16. The van der Waals surface area contributed by atoms with E-state index in [-0.39, 0.29) is 18.5 Å². The maximum atomic E-state index is 13.9. The Morgan fingerprint density at radius 2 is 1.85 bits per heavy atom. The monoisotopic (exact) mass is 680 g/mol. The van der Waals surface area contributed by atoms with E-state index in [0.29, 0.717) is 43.7 Å². The Kier molecular flexibility index (Phi) is 9.04. The first-order valence-corrected chi connectivity index (χ1v) is 17.2. The molecule has 0 spiro atoms. The van der Waals surface area contributed by atoms with Gasteiger partial charge in [0.1, 0.15) is 12.4 Å². The third kappa shape index (κ3) is 6.41. The Hall–Kier alpha value is -3.43. The Bertz CT molecular complexity index is 1690. The summed E-state index contributed by atoms with van der Waals surface area (Å²) in [5, 5.41) is 12.4. The molecule has 1 aromatic heterocycles. The summed E-state index contributed by atoms with van der Waals surface area (Å²) in [6, 6.07) is 14.1. The quantitative estimate of drug-likeness (QED) is 0.320. The maximum absolute atomic E-state index is 13.9. The van der Waals surface area contributed by atoms with Crippen molar-refractivity contribution in [2.75, 3.05) is 75.8 Å². The van der Waals surface area contributed by atoms with E-state index in [1.807, 2.05) is 12.1 Å². The largest absolute Gasteiger partial charge is 0.461 e. The molecule has 10 nitrogen and oxygen atoms in total. The smallest absolute Gasteiger partial charge is 0.318 e. The Morgan fingerprint density at radius 1 is 1.09 bits per heavy atom. The molecule has 1 amide bonds. The topological polar surface area (TPSA) is 92.1 Å². The van der Waals surface area contributed by atoms with Crippen molar-refractivity contribution < 1.29 is 13.9 Å². The minimum absolute atomic E-state index is 0.0147. The van der Waals surface area contributed by atoms with E-state index in [1.54, 1.807) is 0 Å². The number of anilines is 2. The van der Waals surface area contributed by atoms with Crippen molar-refractivity contribution in [3.8, 4) is 12.1 Å². The highest BCUT2D eigenvalue weighted by Gasteiger charge is 2.49. The van der Waals surface area contributed by atoms with E-state index >= 15 is 0 Å². The number of nitrogens with zero attached hydrogens (tertiary/aromatic N) is 8. The molecule has 47 heavy (non-hydrogen) atoms. The van der Waals surface area contributed by atoms with Crippen LogP contribution < -0.4 is 14.5 Å². The first kappa shape index (κ1) is 32.1. The van der Waals surface area contributed by atoms with Crippen LogP contribution in [0.15, 0.2) is 36.4 Å². The van der Waals surface area contributed by atoms with Gasteiger partial charge in [0.2, 0.25) is 0 Å². The number of hydrogen-bond acceptors (Lipinski definition) is 9. The van der Waals surface area contributed by atoms with Gasteiger partial charge in [0, 0.05) is 69.0 Å². The molecule has 1 saturated carbocycles. The summed E-state index contributed by atoms with van der Waals surface area (Å²) in [5.74, 6) is -0.0499. The van der Waals surface area contributed by atoms with Crippen LogP contribution in [0.2, 0.25) is 5.02 Å². The van der Waals surface area contributed by atoms with Gasteiger partial charge < -0.3 is 24.3 Å². The molecule has 1 aliphatic carbocycles. The minimum atomic E-state index is -2.14. The van der Waals surface area contributed by atoms with Crippen molar-refractivity contribution in [3.05, 3.63) is 52.7 Å². The Balaban J connectivity index is 1.20. The lowest BCUT2D eigenvalue weighted by molar-refractivity contribution is -0.136. The predicted octanol–water partition coefficient (Wildman–Crippen LogP) is 4.47. The molecule has 3 aliphatic heterocycles. The maximum Gasteiger partial charge on any atom is 0.318 e. The van der Waals surface area contributed by atoms with Gasteiger partial charge in [-0.15, -0.1) is 0 Å². The highest BCUT2D eigenvalue weighted by Crippen LogP contribution is 2.43. The van der Waals surface area contributed by atoms with Crippen LogP contribution in [-0.4, -0.2) is 114 Å². The molecule has 2 atom stereocenters. The molecule has 3 fully saturated rings. The number of alkyl halides is 2. The van der Waals surface area contributed by atoms with Crippen molar-refractivity contribution in [1.29, 1.82) is 5.26 Å². The van der Waals surface area contributed by atoms with E-state index in [9.17, 15) is 14.4 Å². The number of amides is 1. The van der Waals surface area contributed by atoms with E-state index in [1.165, 1.54) is 4.90 Å². The fourth-order valence-corrected chi connectivity index (χ4v) is 7.78. The van der Waals surface area contributed by atoms with Gasteiger partial charge in [0.05, 0.1) is 41.3 Å². The number of halogens is 3. The standard InChI is InChI=1S/C34H39Cl2FN8O2/c1-41-14-17-44(18-15-41)34(10-11-34)22-47-33-39-27-21-42(28-7-3-5-23-4-2-6-26(35)29(23)28)13-9-25(27)31(40-33)43-16-19-45(32(46)30(36)37)24(20-43)8-12-38/h2-7,24,30H,8-11,13-22H2,1H3/t24-,30?/m0/s1. The van der Waals surface area contributed by atoms with Gasteiger partial charge in [-0.25, -0.2) is 4.39 Å². The Morgan fingerprint density at radius 3 is 2.57 bits per heavy atom. The zero-order valence-corrected chi connectivity index (χ0v) is 28.1. The highest BCUT2D eigenvalue weighted by molar-refractivity contribution is 6.36. The molecule has 2 saturated heterocycles. The molecule has 248 valence electrons. The van der Waals surface area contributed by atoms with Crippen LogP contribution in [0.1, 0.15) is 30.5 Å². The minimum Gasteiger partial charge on any atom is -0.461 e. The number of carbonyl (C=O) groups excluding carboxylic acids is 1. The van der Waals surface area contributed by atoms with Crippen LogP contribution >= 0.6 is 23.2 Å². The lowest BCUT2D eigenvalue weighted by Crippen LogP contribution is -2.57. The lowest BCUT2D eigenvalue weighted by Gasteiger charge is -2.42. The number of hydrogen-bond donors (Lipinski definition) is 0. The van der Waals surface area contributed by atoms with Crippen LogP contribution in [0, 0.1) is 11.3 Å². The van der Waals surface area contributed by atoms with E-state index in [2.05, 4.69) is 57.0 Å². The van der Waals surface area contributed by atoms with Crippen molar-refractivity contribution in [2.24, 2.45) is 0 Å². The molecule has 0 radical (unpaired) electrons. The molecule has 2 aromatic carbocycles. The second-order valence-electron chi connectivity index (χ2n) is 13.1. The molecular weight excluding hydrogens is 642 g/mol. The second-order valence-corrected chi connectivity index (χ2v) is 13.9. The summed E-state index contributed by atoms with van der Waals surface area (Å²) in [6.07, 6.45) is 2.93. The fourth-order valence-electron chi connectivity index (χ4n) is 7.38. The van der Waals surface area contributed by atoms with Crippen molar-refractivity contribution in [3.63, 3.8) is 0 Å². The molecule has 3 aromatic rings. The molecule has 1 unspecified atom stereocenters. The van der Waals surface area contributed by atoms with Gasteiger partial charge in [-0.2, -0.15) is 15.2 Å². The van der Waals surface area contributed by atoms with Gasteiger partial charge in [-0.05, 0) is 43.8 Å². The summed E-state index contributed by atoms with van der Waals surface area (Å²) >= 11 is 12.3. The fraction of sp³-hybridized carbons (Fsp3) is 0.529. The normalized spacial score (nSPS) is 22.1. The number of nitriles is 1. The van der Waals surface area contributed by atoms with Gasteiger partial charge in [-0.3, -0.25) is 9.69 Å². The molecule has 7 rings (SSSR count). The lowest BCUT2D eigenvalue weighted by atomic mass is 10.0. The van der Waals surface area contributed by atoms with Crippen LogP contribution in [-0.2, 0) is 17.8 Å². The molecular formula is C34H39Cl2FN8O2. The zero-order valence-electron chi connectivity index (χ0n) is 26.5. The average molecular weight is 682 g/mol. The summed E-state index contributed by atoms with van der Waals surface area (Å²) < 4.78 is 20.3. The highest BCUT2D eigenvalue weighted by atomic mass is 35.5. The summed E-state index contributed by atoms with van der Waals surface area (Å²) in [4.78, 5) is 33.3. The SMILES string of the molecule is CN1CCN(C2(COc3nc4c(c(N5CCN(C(=O)C(F)Cl)[C@@H](CC#N)C5)n3)CCN(c3cccc5cccc(Cl)c35)C4)CC2)CC1. The van der Waals surface area contributed by atoms with Gasteiger partial charge in [-0.1, -0.05) is 47.5 Å². The Labute approximate surface area is 284 Å². The van der Waals surface area contributed by atoms with Gasteiger partial charge in [0.25, 0.3) is 11.5 Å². The summed E-state index contributed by atoms with van der Waals surface area (Å²) in [6.45, 7) is 6.91. The van der Waals surface area contributed by atoms with Crippen LogP contribution in [0.25, 0.3) is 10.8 Å². The zero-order chi connectivity index (χ0) is 32.7. The van der Waals surface area contributed by atoms with Crippen molar-refractivity contribution in [1.82, 2.24) is 24.7 Å². The van der Waals surface area contributed by atoms with Crippen molar-refractivity contribution >= 4 is 51.4 Å². The van der Waals surface area contributed by atoms with Crippen molar-refractivity contribution in [2.45, 2.75) is 49.4 Å². The third-order valence-corrected chi connectivity index (χ3v) is 10.7. The molecule has 13 heteroatoms. The third-order valence-electron chi connectivity index (χ3n) is 10.2. The molecule has 0 bridgehead atoms. The van der Waals surface area contributed by atoms with E-state index in [4.69, 9.17) is 37.9 Å². The van der Waals surface area contributed by atoms with Gasteiger partial charge in [0.15, 0.2) is 0 Å². The number of piperazine rings is 2. The number of ether oxygens (including phenoxy) is 1. The van der Waals surface area contributed by atoms with E-state index in [0.717, 1.165) is 79.1 Å². The number of carbonyl (C=O) groups is 1. The first-order valence-electron chi connectivity index (χ1n) is 16.4. The predicted molar refractivity (Wildman–Crippen MR) is 181 cm³/mol. The number of rotatable bonds is 8. The number of likely N-dealkylation sites (N-methyl/N-ethyl adjacent to an activating group) is 1.